The van der Waals surface area contributed by atoms with Gasteiger partial charge in [-0.2, -0.15) is 0 Å². The second kappa shape index (κ2) is 3.06. The molecule has 1 aromatic rings. The van der Waals surface area contributed by atoms with Crippen LogP contribution in [0.1, 0.15) is 5.56 Å². The fourth-order valence-corrected chi connectivity index (χ4v) is 0.845. The lowest BCUT2D eigenvalue weighted by Crippen LogP contribution is -1.87. The van der Waals surface area contributed by atoms with Crippen molar-refractivity contribution < 1.29 is 0 Å². The predicted molar refractivity (Wildman–Crippen MR) is 45.0 cm³/mol. The third-order valence-electron chi connectivity index (χ3n) is 1.40. The van der Waals surface area contributed by atoms with Crippen LogP contribution in [0.3, 0.4) is 0 Å². The first kappa shape index (κ1) is 6.87. The summed E-state index contributed by atoms with van der Waals surface area (Å²) in [5, 5.41) is 3.04. The summed E-state index contributed by atoms with van der Waals surface area (Å²) in [4.78, 5) is 0. The molecule has 0 spiro atoms. The second-order valence-corrected chi connectivity index (χ2v) is 2.16. The van der Waals surface area contributed by atoms with Crippen molar-refractivity contribution in [3.63, 3.8) is 0 Å². The summed E-state index contributed by atoms with van der Waals surface area (Å²) in [5.41, 5.74) is 2.36. The normalized spacial score (nSPS) is 8.90. The average molecular weight is 133 g/mol. The van der Waals surface area contributed by atoms with Crippen molar-refractivity contribution in [3.8, 4) is 0 Å². The zero-order chi connectivity index (χ0) is 7.40. The molecule has 0 fully saturated rings. The Balaban J connectivity index is 2.91. The van der Waals surface area contributed by atoms with Gasteiger partial charge in [-0.3, -0.25) is 0 Å². The van der Waals surface area contributed by atoms with E-state index in [1.54, 1.807) is 6.20 Å². The van der Waals surface area contributed by atoms with Crippen LogP contribution in [0.5, 0.6) is 0 Å². The van der Waals surface area contributed by atoms with Crippen LogP contribution in [0.2, 0.25) is 0 Å². The highest BCUT2D eigenvalue weighted by atomic mass is 14.8. The van der Waals surface area contributed by atoms with Crippen LogP contribution in [0, 0.1) is 6.92 Å². The molecule has 0 bridgehead atoms. The Labute approximate surface area is 61.4 Å². The molecule has 0 unspecified atom stereocenters. The Kier molecular flexibility index (Phi) is 2.11. The van der Waals surface area contributed by atoms with Gasteiger partial charge in [0.1, 0.15) is 0 Å². The number of hydrogen-bond donors (Lipinski definition) is 1. The van der Waals surface area contributed by atoms with Gasteiger partial charge in [-0.05, 0) is 24.8 Å². The maximum Gasteiger partial charge on any atom is 0.0409 e. The Bertz CT molecular complexity index is 228. The number of rotatable bonds is 2. The van der Waals surface area contributed by atoms with Gasteiger partial charge in [0, 0.05) is 5.69 Å². The highest BCUT2D eigenvalue weighted by Gasteiger charge is 1.89. The first-order valence-electron chi connectivity index (χ1n) is 3.27. The van der Waals surface area contributed by atoms with E-state index in [4.69, 9.17) is 0 Å². The van der Waals surface area contributed by atoms with Crippen molar-refractivity contribution in [1.82, 2.24) is 0 Å². The zero-order valence-corrected chi connectivity index (χ0v) is 6.09. The number of aryl methyl sites for hydroxylation is 1. The van der Waals surface area contributed by atoms with Crippen LogP contribution in [-0.2, 0) is 0 Å². The standard InChI is InChI=1S/C9H11N/c1-3-10-9-7-5-4-6-8(9)2/h3-7,10H,1H2,2H3. The van der Waals surface area contributed by atoms with Crippen LogP contribution < -0.4 is 5.32 Å². The smallest absolute Gasteiger partial charge is 0.0409 e. The predicted octanol–water partition coefficient (Wildman–Crippen LogP) is 2.55. The molecular formula is C9H11N. The molecule has 1 heteroatoms. The van der Waals surface area contributed by atoms with Gasteiger partial charge in [-0.1, -0.05) is 24.8 Å². The van der Waals surface area contributed by atoms with Crippen LogP contribution in [0.4, 0.5) is 5.69 Å². The molecule has 0 heterocycles. The van der Waals surface area contributed by atoms with Crippen LogP contribution in [0.25, 0.3) is 0 Å². The minimum atomic E-state index is 1.12. The SMILES string of the molecule is C=CNc1ccccc1C. The molecule has 1 nitrogen and oxygen atoms in total. The van der Waals surface area contributed by atoms with Gasteiger partial charge < -0.3 is 5.32 Å². The van der Waals surface area contributed by atoms with Gasteiger partial charge in [-0.15, -0.1) is 0 Å². The van der Waals surface area contributed by atoms with Crippen molar-refractivity contribution in [1.29, 1.82) is 0 Å². The lowest BCUT2D eigenvalue weighted by Gasteiger charge is -2.02. The maximum absolute atomic E-state index is 3.59. The summed E-state index contributed by atoms with van der Waals surface area (Å²) in [6, 6.07) is 8.10. The van der Waals surface area contributed by atoms with Gasteiger partial charge in [0.05, 0.1) is 0 Å². The molecule has 0 saturated carbocycles. The molecule has 0 aliphatic heterocycles. The van der Waals surface area contributed by atoms with Gasteiger partial charge in [-0.25, -0.2) is 0 Å². The Morgan fingerprint density at radius 2 is 2.10 bits per heavy atom. The van der Waals surface area contributed by atoms with E-state index in [0.717, 1.165) is 5.69 Å². The molecule has 0 aliphatic rings. The topological polar surface area (TPSA) is 12.0 Å². The highest BCUT2D eigenvalue weighted by Crippen LogP contribution is 2.12. The summed E-state index contributed by atoms with van der Waals surface area (Å²) in [6.07, 6.45) is 1.68. The lowest BCUT2D eigenvalue weighted by molar-refractivity contribution is 1.44. The maximum atomic E-state index is 3.59. The summed E-state index contributed by atoms with van der Waals surface area (Å²) >= 11 is 0. The van der Waals surface area contributed by atoms with E-state index in [9.17, 15) is 0 Å². The number of benzene rings is 1. The number of hydrogen-bond acceptors (Lipinski definition) is 1. The third kappa shape index (κ3) is 1.38. The highest BCUT2D eigenvalue weighted by molar-refractivity contribution is 5.51. The largest absolute Gasteiger partial charge is 0.362 e. The van der Waals surface area contributed by atoms with Gasteiger partial charge in [0.25, 0.3) is 0 Å². The Hall–Kier alpha value is -1.24. The molecule has 52 valence electrons. The van der Waals surface area contributed by atoms with Crippen LogP contribution >= 0.6 is 0 Å². The molecule has 0 amide bonds. The summed E-state index contributed by atoms with van der Waals surface area (Å²) in [7, 11) is 0. The minimum Gasteiger partial charge on any atom is -0.362 e. The van der Waals surface area contributed by atoms with Crippen molar-refractivity contribution in [2.45, 2.75) is 6.92 Å². The Morgan fingerprint density at radius 3 is 2.70 bits per heavy atom. The van der Waals surface area contributed by atoms with E-state index in [1.165, 1.54) is 5.56 Å². The van der Waals surface area contributed by atoms with Gasteiger partial charge in [0.15, 0.2) is 0 Å². The van der Waals surface area contributed by atoms with E-state index < -0.39 is 0 Å². The molecule has 1 aromatic carbocycles. The number of nitrogens with one attached hydrogen (secondary N) is 1. The molecule has 1 N–H and O–H groups in total. The van der Waals surface area contributed by atoms with Crippen molar-refractivity contribution in [2.75, 3.05) is 5.32 Å². The minimum absolute atomic E-state index is 1.12. The quantitative estimate of drug-likeness (QED) is 0.653. The fraction of sp³-hybridized carbons (Fsp3) is 0.111. The molecule has 0 saturated heterocycles. The molecule has 0 atom stereocenters. The summed E-state index contributed by atoms with van der Waals surface area (Å²) < 4.78 is 0. The van der Waals surface area contributed by atoms with E-state index in [0.29, 0.717) is 0 Å². The molecule has 1 rings (SSSR count). The molecule has 0 radical (unpaired) electrons. The summed E-state index contributed by atoms with van der Waals surface area (Å²) in [5.74, 6) is 0. The first-order chi connectivity index (χ1) is 4.84. The van der Waals surface area contributed by atoms with Crippen molar-refractivity contribution in [3.05, 3.63) is 42.6 Å². The van der Waals surface area contributed by atoms with Crippen molar-refractivity contribution in [2.24, 2.45) is 0 Å². The molecule has 0 aliphatic carbocycles. The monoisotopic (exact) mass is 133 g/mol. The molecule has 0 aromatic heterocycles. The lowest BCUT2D eigenvalue weighted by atomic mass is 10.2. The van der Waals surface area contributed by atoms with Crippen LogP contribution in [0.15, 0.2) is 37.0 Å². The van der Waals surface area contributed by atoms with Gasteiger partial charge >= 0.3 is 0 Å². The second-order valence-electron chi connectivity index (χ2n) is 2.16. The van der Waals surface area contributed by atoms with Crippen LogP contribution in [-0.4, -0.2) is 0 Å². The zero-order valence-electron chi connectivity index (χ0n) is 6.09. The Morgan fingerprint density at radius 1 is 1.40 bits per heavy atom. The van der Waals surface area contributed by atoms with Crippen molar-refractivity contribution >= 4 is 5.69 Å². The van der Waals surface area contributed by atoms with E-state index in [2.05, 4.69) is 24.9 Å². The third-order valence-corrected chi connectivity index (χ3v) is 1.40. The van der Waals surface area contributed by atoms with E-state index in [1.807, 2.05) is 18.2 Å². The molecular weight excluding hydrogens is 122 g/mol. The number of para-hydroxylation sites is 1. The fourth-order valence-electron chi connectivity index (χ4n) is 0.845. The van der Waals surface area contributed by atoms with Gasteiger partial charge in [0.2, 0.25) is 0 Å². The van der Waals surface area contributed by atoms with E-state index >= 15 is 0 Å². The summed E-state index contributed by atoms with van der Waals surface area (Å²) in [6.45, 7) is 5.65. The molecule has 10 heavy (non-hydrogen) atoms. The number of anilines is 1. The van der Waals surface area contributed by atoms with E-state index in [-0.39, 0.29) is 0 Å². The first-order valence-corrected chi connectivity index (χ1v) is 3.27. The average Bonchev–Trinajstić information content (AvgIpc) is 1.94.